The van der Waals surface area contributed by atoms with Gasteiger partial charge in [0.15, 0.2) is 5.78 Å². The van der Waals surface area contributed by atoms with Crippen LogP contribution in [0.2, 0.25) is 0 Å². The van der Waals surface area contributed by atoms with Crippen LogP contribution in [0, 0.1) is 0 Å². The molecule has 3 amide bonds. The zero-order chi connectivity index (χ0) is 20.4. The summed E-state index contributed by atoms with van der Waals surface area (Å²) >= 11 is 0. The minimum Gasteiger partial charge on any atom is -0.508 e. The van der Waals surface area contributed by atoms with Crippen molar-refractivity contribution in [2.24, 2.45) is 0 Å². The lowest BCUT2D eigenvalue weighted by Gasteiger charge is -2.31. The predicted molar refractivity (Wildman–Crippen MR) is 101 cm³/mol. The first-order chi connectivity index (χ1) is 14.0. The van der Waals surface area contributed by atoms with Gasteiger partial charge in [-0.15, -0.1) is 0 Å². The van der Waals surface area contributed by atoms with E-state index < -0.39 is 12.1 Å². The van der Waals surface area contributed by atoms with Gasteiger partial charge in [-0.25, -0.2) is 4.79 Å². The van der Waals surface area contributed by atoms with Gasteiger partial charge in [-0.3, -0.25) is 9.59 Å². The van der Waals surface area contributed by atoms with Crippen LogP contribution in [0.25, 0.3) is 0 Å². The number of nitrogens with one attached hydrogen (secondary N) is 1. The highest BCUT2D eigenvalue weighted by Gasteiger charge is 2.48. The molecular weight excluding hydrogens is 378 g/mol. The minimum absolute atomic E-state index is 0.0296. The average Bonchev–Trinajstić information content (AvgIpc) is 3.32. The molecule has 0 radical (unpaired) electrons. The first-order valence-corrected chi connectivity index (χ1v) is 9.89. The Kier molecular flexibility index (Phi) is 5.68. The number of urea groups is 1. The van der Waals surface area contributed by atoms with Gasteiger partial charge in [-0.2, -0.15) is 0 Å². The van der Waals surface area contributed by atoms with Crippen LogP contribution >= 0.6 is 0 Å². The molecule has 1 aromatic rings. The van der Waals surface area contributed by atoms with Crippen molar-refractivity contribution >= 4 is 17.7 Å². The molecule has 0 aromatic heterocycles. The van der Waals surface area contributed by atoms with E-state index in [1.54, 1.807) is 34.1 Å². The number of morpholine rings is 1. The third-order valence-corrected chi connectivity index (χ3v) is 5.67. The van der Waals surface area contributed by atoms with Crippen molar-refractivity contribution in [3.05, 3.63) is 29.8 Å². The predicted octanol–water partition coefficient (Wildman–Crippen LogP) is -0.0861. The SMILES string of the molecule is O=C1CO[C@@H]2CCN(C(=O)C(Cc3ccc(O)cc3)NC(=O)N3CCOCC3)[C@H]12. The summed E-state index contributed by atoms with van der Waals surface area (Å²) in [6.07, 6.45) is 0.625. The molecule has 9 heteroatoms. The summed E-state index contributed by atoms with van der Waals surface area (Å²) < 4.78 is 10.8. The van der Waals surface area contributed by atoms with Crippen LogP contribution in [0.1, 0.15) is 12.0 Å². The van der Waals surface area contributed by atoms with Gasteiger partial charge in [0, 0.05) is 26.1 Å². The normalized spacial score (nSPS) is 25.0. The molecule has 3 aliphatic heterocycles. The number of phenols is 1. The number of aromatic hydroxyl groups is 1. The standard InChI is InChI=1S/C20H25N3O6/c24-14-3-1-13(2-4-14)11-15(21-20(27)22-7-9-28-10-8-22)19(26)23-6-5-17-18(23)16(25)12-29-17/h1-4,15,17-18,24H,5-12H2,(H,21,27)/t15?,17-,18-/m1/s1. The summed E-state index contributed by atoms with van der Waals surface area (Å²) in [5.41, 5.74) is 0.799. The maximum Gasteiger partial charge on any atom is 0.318 e. The number of ether oxygens (including phenoxy) is 2. The van der Waals surface area contributed by atoms with Crippen LogP contribution in [0.4, 0.5) is 4.79 Å². The number of amides is 3. The van der Waals surface area contributed by atoms with Crippen LogP contribution in [-0.4, -0.2) is 90.3 Å². The van der Waals surface area contributed by atoms with E-state index in [-0.39, 0.29) is 42.6 Å². The zero-order valence-corrected chi connectivity index (χ0v) is 16.1. The number of fused-ring (bicyclic) bond motifs is 1. The molecule has 3 heterocycles. The van der Waals surface area contributed by atoms with Crippen molar-refractivity contribution in [2.75, 3.05) is 39.5 Å². The third-order valence-electron chi connectivity index (χ3n) is 5.67. The highest BCUT2D eigenvalue weighted by molar-refractivity contribution is 5.95. The molecule has 4 rings (SSSR count). The number of carbonyl (C=O) groups is 3. The summed E-state index contributed by atoms with van der Waals surface area (Å²) in [6.45, 7) is 2.32. The molecule has 156 valence electrons. The average molecular weight is 403 g/mol. The van der Waals surface area contributed by atoms with Crippen LogP contribution in [0.3, 0.4) is 0 Å². The van der Waals surface area contributed by atoms with Gasteiger partial charge in [0.2, 0.25) is 5.91 Å². The third kappa shape index (κ3) is 4.20. The Morgan fingerprint density at radius 3 is 2.62 bits per heavy atom. The largest absolute Gasteiger partial charge is 0.508 e. The Hall–Kier alpha value is -2.65. The molecule has 3 fully saturated rings. The quantitative estimate of drug-likeness (QED) is 0.728. The maximum atomic E-state index is 13.3. The summed E-state index contributed by atoms with van der Waals surface area (Å²) in [6, 6.07) is 4.81. The minimum atomic E-state index is -0.818. The second-order valence-electron chi connectivity index (χ2n) is 7.55. The van der Waals surface area contributed by atoms with Gasteiger partial charge in [0.05, 0.1) is 19.3 Å². The van der Waals surface area contributed by atoms with Crippen molar-refractivity contribution in [1.29, 1.82) is 0 Å². The second-order valence-corrected chi connectivity index (χ2v) is 7.55. The van der Waals surface area contributed by atoms with Crippen molar-refractivity contribution in [3.63, 3.8) is 0 Å². The number of nitrogens with zero attached hydrogens (tertiary/aromatic N) is 2. The summed E-state index contributed by atoms with van der Waals surface area (Å²) in [5.74, 6) is -0.250. The van der Waals surface area contributed by atoms with Crippen molar-refractivity contribution in [2.45, 2.75) is 31.0 Å². The van der Waals surface area contributed by atoms with E-state index in [9.17, 15) is 19.5 Å². The molecule has 0 bridgehead atoms. The van der Waals surface area contributed by atoms with Gasteiger partial charge in [0.25, 0.3) is 0 Å². The number of likely N-dealkylation sites (tertiary alicyclic amines) is 1. The topological polar surface area (TPSA) is 108 Å². The van der Waals surface area contributed by atoms with E-state index in [1.165, 1.54) is 0 Å². The number of phenolic OH excluding ortho intramolecular Hbond substituents is 1. The van der Waals surface area contributed by atoms with Crippen LogP contribution in [-0.2, 0) is 25.5 Å². The fourth-order valence-corrected chi connectivity index (χ4v) is 4.12. The first kappa shape index (κ1) is 19.7. The fourth-order valence-electron chi connectivity index (χ4n) is 4.12. The highest BCUT2D eigenvalue weighted by Crippen LogP contribution is 2.28. The number of hydrogen-bond donors (Lipinski definition) is 2. The zero-order valence-electron chi connectivity index (χ0n) is 16.1. The molecule has 3 atom stereocenters. The van der Waals surface area contributed by atoms with Gasteiger partial charge < -0.3 is 29.7 Å². The number of benzene rings is 1. The van der Waals surface area contributed by atoms with Crippen molar-refractivity contribution < 1.29 is 29.0 Å². The van der Waals surface area contributed by atoms with Crippen molar-refractivity contribution in [1.82, 2.24) is 15.1 Å². The number of carbonyl (C=O) groups excluding carboxylic acids is 3. The van der Waals surface area contributed by atoms with E-state index in [1.807, 2.05) is 0 Å². The lowest BCUT2D eigenvalue weighted by atomic mass is 10.0. The molecule has 3 saturated heterocycles. The molecular formula is C20H25N3O6. The summed E-state index contributed by atoms with van der Waals surface area (Å²) in [7, 11) is 0. The summed E-state index contributed by atoms with van der Waals surface area (Å²) in [4.78, 5) is 41.4. The molecule has 0 saturated carbocycles. The van der Waals surface area contributed by atoms with Crippen LogP contribution in [0.15, 0.2) is 24.3 Å². The lowest BCUT2D eigenvalue weighted by Crippen LogP contribution is -2.56. The van der Waals surface area contributed by atoms with E-state index in [4.69, 9.17) is 9.47 Å². The van der Waals surface area contributed by atoms with Gasteiger partial charge in [-0.1, -0.05) is 12.1 Å². The number of hydrogen-bond acceptors (Lipinski definition) is 6. The Morgan fingerprint density at radius 2 is 1.90 bits per heavy atom. The van der Waals surface area contributed by atoms with Gasteiger partial charge >= 0.3 is 6.03 Å². The summed E-state index contributed by atoms with van der Waals surface area (Å²) in [5, 5.41) is 12.4. The number of ketones is 1. The Balaban J connectivity index is 1.51. The lowest BCUT2D eigenvalue weighted by molar-refractivity contribution is -0.138. The molecule has 9 nitrogen and oxygen atoms in total. The molecule has 0 spiro atoms. The highest BCUT2D eigenvalue weighted by atomic mass is 16.5. The van der Waals surface area contributed by atoms with E-state index >= 15 is 0 Å². The first-order valence-electron chi connectivity index (χ1n) is 9.89. The molecule has 2 N–H and O–H groups in total. The number of rotatable bonds is 4. The monoisotopic (exact) mass is 403 g/mol. The fraction of sp³-hybridized carbons (Fsp3) is 0.550. The van der Waals surface area contributed by atoms with Gasteiger partial charge in [0.1, 0.15) is 24.4 Å². The maximum absolute atomic E-state index is 13.3. The smallest absolute Gasteiger partial charge is 0.318 e. The molecule has 1 unspecified atom stereocenters. The second kappa shape index (κ2) is 8.38. The molecule has 0 aliphatic carbocycles. The van der Waals surface area contributed by atoms with Crippen LogP contribution < -0.4 is 5.32 Å². The van der Waals surface area contributed by atoms with Crippen molar-refractivity contribution in [3.8, 4) is 5.75 Å². The molecule has 29 heavy (non-hydrogen) atoms. The van der Waals surface area contributed by atoms with E-state index in [0.29, 0.717) is 39.3 Å². The van der Waals surface area contributed by atoms with E-state index in [0.717, 1.165) is 5.56 Å². The number of Topliss-reactive ketones (excluding diaryl/α,β-unsaturated/α-hetero) is 1. The Morgan fingerprint density at radius 1 is 1.17 bits per heavy atom. The molecule has 3 aliphatic rings. The Labute approximate surface area is 168 Å². The molecule has 1 aromatic carbocycles. The van der Waals surface area contributed by atoms with E-state index in [2.05, 4.69) is 5.32 Å². The van der Waals surface area contributed by atoms with Crippen LogP contribution in [0.5, 0.6) is 5.75 Å². The Bertz CT molecular complexity index is 777. The van der Waals surface area contributed by atoms with Gasteiger partial charge in [-0.05, 0) is 24.1 Å².